The van der Waals surface area contributed by atoms with E-state index in [9.17, 15) is 4.79 Å². The van der Waals surface area contributed by atoms with E-state index in [1.807, 2.05) is 47.4 Å². The lowest BCUT2D eigenvalue weighted by atomic mass is 10.1. The van der Waals surface area contributed by atoms with Gasteiger partial charge in [0.2, 0.25) is 5.91 Å². The molecule has 3 aromatic rings. The van der Waals surface area contributed by atoms with Crippen LogP contribution in [0.4, 0.5) is 0 Å². The molecule has 0 aliphatic heterocycles. The summed E-state index contributed by atoms with van der Waals surface area (Å²) >= 11 is 11.2. The highest BCUT2D eigenvalue weighted by atomic mass is 35.5. The second-order valence-corrected chi connectivity index (χ2v) is 7.86. The molecular formula is C19H21ClN6OS. The number of H-pyrrole nitrogens is 1. The molecule has 0 atom stereocenters. The van der Waals surface area contributed by atoms with Crippen LogP contribution in [-0.2, 0) is 17.8 Å². The lowest BCUT2D eigenvalue weighted by Crippen LogP contribution is -2.26. The maximum atomic E-state index is 12.5. The molecule has 4 rings (SSSR count). The van der Waals surface area contributed by atoms with Crippen molar-refractivity contribution >= 4 is 29.7 Å². The quantitative estimate of drug-likeness (QED) is 0.602. The molecule has 2 N–H and O–H groups in total. The van der Waals surface area contributed by atoms with Gasteiger partial charge < -0.3 is 5.32 Å². The van der Waals surface area contributed by atoms with E-state index in [2.05, 4.69) is 20.6 Å². The van der Waals surface area contributed by atoms with Crippen molar-refractivity contribution in [2.24, 2.45) is 0 Å². The average molecular weight is 417 g/mol. The molecule has 2 heterocycles. The van der Waals surface area contributed by atoms with Crippen LogP contribution < -0.4 is 5.32 Å². The number of amides is 1. The molecule has 1 saturated carbocycles. The zero-order valence-electron chi connectivity index (χ0n) is 15.7. The minimum Gasteiger partial charge on any atom is -0.349 e. The lowest BCUT2D eigenvalue weighted by molar-refractivity contribution is -0.120. The molecule has 1 aromatic carbocycles. The van der Waals surface area contributed by atoms with Crippen LogP contribution in [0.25, 0.3) is 5.69 Å². The van der Waals surface area contributed by atoms with Gasteiger partial charge in [-0.15, -0.1) is 0 Å². The number of carbonyl (C=O) groups is 1. The molecule has 0 radical (unpaired) electrons. The maximum Gasteiger partial charge on any atom is 0.224 e. The molecule has 2 aromatic heterocycles. The van der Waals surface area contributed by atoms with Crippen LogP contribution in [0.3, 0.4) is 0 Å². The molecule has 0 spiro atoms. The van der Waals surface area contributed by atoms with E-state index in [-0.39, 0.29) is 12.3 Å². The van der Waals surface area contributed by atoms with Crippen LogP contribution in [0.1, 0.15) is 41.7 Å². The number of aromatic nitrogens is 5. The molecule has 9 heteroatoms. The molecule has 0 unspecified atom stereocenters. The summed E-state index contributed by atoms with van der Waals surface area (Å²) < 4.78 is 4.46. The standard InChI is InChI=1S/C19H21ClN6OS/c1-11-16(12(2)26(24-11)15-5-3-13(20)4-6-15)9-18(27)21-10-17-22-23-19(28)25(17)14-7-8-14/h3-6,14H,7-10H2,1-2H3,(H,21,27)(H,23,28). The highest BCUT2D eigenvalue weighted by Gasteiger charge is 2.27. The average Bonchev–Trinajstić information content (AvgIpc) is 3.39. The van der Waals surface area contributed by atoms with Crippen molar-refractivity contribution in [2.45, 2.75) is 45.7 Å². The molecule has 0 saturated heterocycles. The predicted molar refractivity (Wildman–Crippen MR) is 109 cm³/mol. The number of nitrogens with zero attached hydrogens (tertiary/aromatic N) is 4. The minimum atomic E-state index is -0.0712. The molecule has 1 aliphatic rings. The maximum absolute atomic E-state index is 12.5. The Morgan fingerprint density at radius 1 is 1.32 bits per heavy atom. The monoisotopic (exact) mass is 416 g/mol. The van der Waals surface area contributed by atoms with Crippen molar-refractivity contribution in [3.63, 3.8) is 0 Å². The van der Waals surface area contributed by atoms with E-state index in [4.69, 9.17) is 23.8 Å². The second-order valence-electron chi connectivity index (χ2n) is 7.04. The minimum absolute atomic E-state index is 0.0712. The van der Waals surface area contributed by atoms with Gasteiger partial charge in [0.25, 0.3) is 0 Å². The van der Waals surface area contributed by atoms with Gasteiger partial charge in [0.15, 0.2) is 10.6 Å². The third-order valence-electron chi connectivity index (χ3n) is 4.98. The number of aryl methyl sites for hydroxylation is 1. The van der Waals surface area contributed by atoms with Crippen molar-refractivity contribution < 1.29 is 4.79 Å². The Balaban J connectivity index is 1.46. The fourth-order valence-electron chi connectivity index (χ4n) is 3.34. The van der Waals surface area contributed by atoms with Crippen molar-refractivity contribution in [3.05, 3.63) is 56.8 Å². The third kappa shape index (κ3) is 3.74. The molecule has 7 nitrogen and oxygen atoms in total. The van der Waals surface area contributed by atoms with Crippen LogP contribution in [0.2, 0.25) is 5.02 Å². The van der Waals surface area contributed by atoms with Crippen molar-refractivity contribution in [1.29, 1.82) is 0 Å². The predicted octanol–water partition coefficient (Wildman–Crippen LogP) is 3.59. The zero-order chi connectivity index (χ0) is 19.8. The first kappa shape index (κ1) is 18.9. The Hall–Kier alpha value is -2.45. The van der Waals surface area contributed by atoms with E-state index >= 15 is 0 Å². The van der Waals surface area contributed by atoms with Crippen molar-refractivity contribution in [3.8, 4) is 5.69 Å². The number of aromatic amines is 1. The van der Waals surface area contributed by atoms with Crippen LogP contribution in [0.5, 0.6) is 0 Å². The number of hydrogen-bond donors (Lipinski definition) is 2. The largest absolute Gasteiger partial charge is 0.349 e. The van der Waals surface area contributed by atoms with E-state index in [0.29, 0.717) is 22.4 Å². The fraction of sp³-hybridized carbons (Fsp3) is 0.368. The Labute approximate surface area is 172 Å². The molecule has 146 valence electrons. The van der Waals surface area contributed by atoms with Crippen LogP contribution >= 0.6 is 23.8 Å². The SMILES string of the molecule is Cc1nn(-c2ccc(Cl)cc2)c(C)c1CC(=O)NCc1n[nH]c(=S)n1C1CC1. The van der Waals surface area contributed by atoms with Crippen LogP contribution in [0, 0.1) is 18.6 Å². The van der Waals surface area contributed by atoms with Gasteiger partial charge in [-0.25, -0.2) is 4.68 Å². The molecule has 28 heavy (non-hydrogen) atoms. The highest BCUT2D eigenvalue weighted by Crippen LogP contribution is 2.35. The van der Waals surface area contributed by atoms with Gasteiger partial charge in [0.1, 0.15) is 0 Å². The lowest BCUT2D eigenvalue weighted by Gasteiger charge is -2.08. The number of carbonyl (C=O) groups excluding carboxylic acids is 1. The number of halogens is 1. The van der Waals surface area contributed by atoms with Gasteiger partial charge in [-0.3, -0.25) is 14.5 Å². The van der Waals surface area contributed by atoms with Crippen LogP contribution in [0.15, 0.2) is 24.3 Å². The Morgan fingerprint density at radius 2 is 2.04 bits per heavy atom. The topological polar surface area (TPSA) is 80.5 Å². The second kappa shape index (κ2) is 7.52. The number of benzene rings is 1. The Morgan fingerprint density at radius 3 is 2.71 bits per heavy atom. The first-order chi connectivity index (χ1) is 13.4. The van der Waals surface area contributed by atoms with Gasteiger partial charge in [0, 0.05) is 22.3 Å². The smallest absolute Gasteiger partial charge is 0.224 e. The molecule has 1 aliphatic carbocycles. The molecule has 0 bridgehead atoms. The number of nitrogens with one attached hydrogen (secondary N) is 2. The van der Waals surface area contributed by atoms with Crippen molar-refractivity contribution in [2.75, 3.05) is 0 Å². The van der Waals surface area contributed by atoms with E-state index < -0.39 is 0 Å². The van der Waals surface area contributed by atoms with Gasteiger partial charge in [-0.1, -0.05) is 11.6 Å². The van der Waals surface area contributed by atoms with Crippen molar-refractivity contribution in [1.82, 2.24) is 29.9 Å². The molecule has 1 amide bonds. The summed E-state index contributed by atoms with van der Waals surface area (Å²) in [6, 6.07) is 7.89. The van der Waals surface area contributed by atoms with Gasteiger partial charge in [0.05, 0.1) is 24.3 Å². The summed E-state index contributed by atoms with van der Waals surface area (Å²) in [6.45, 7) is 4.24. The molecular weight excluding hydrogens is 396 g/mol. The van der Waals surface area contributed by atoms with Crippen LogP contribution in [-0.4, -0.2) is 30.5 Å². The van der Waals surface area contributed by atoms with Gasteiger partial charge in [-0.05, 0) is 63.2 Å². The molecule has 1 fully saturated rings. The normalized spacial score (nSPS) is 13.7. The Kier molecular flexibility index (Phi) is 5.07. The zero-order valence-corrected chi connectivity index (χ0v) is 17.3. The summed E-state index contributed by atoms with van der Waals surface area (Å²) in [5, 5.41) is 15.3. The summed E-state index contributed by atoms with van der Waals surface area (Å²) in [4.78, 5) is 12.5. The Bertz CT molecular complexity index is 1080. The number of rotatable bonds is 6. The van der Waals surface area contributed by atoms with Gasteiger partial charge in [-0.2, -0.15) is 10.2 Å². The number of hydrogen-bond acceptors (Lipinski definition) is 4. The first-order valence-corrected chi connectivity index (χ1v) is 9.96. The van der Waals surface area contributed by atoms with E-state index in [1.165, 1.54) is 0 Å². The van der Waals surface area contributed by atoms with E-state index in [0.717, 1.165) is 41.3 Å². The van der Waals surface area contributed by atoms with Gasteiger partial charge >= 0.3 is 0 Å². The summed E-state index contributed by atoms with van der Waals surface area (Å²) in [5.41, 5.74) is 3.61. The summed E-state index contributed by atoms with van der Waals surface area (Å²) in [5.74, 6) is 0.698. The summed E-state index contributed by atoms with van der Waals surface area (Å²) in [7, 11) is 0. The third-order valence-corrected chi connectivity index (χ3v) is 5.52. The summed E-state index contributed by atoms with van der Waals surface area (Å²) in [6.07, 6.45) is 2.48. The fourth-order valence-corrected chi connectivity index (χ4v) is 3.76. The first-order valence-electron chi connectivity index (χ1n) is 9.17. The van der Waals surface area contributed by atoms with E-state index in [1.54, 1.807) is 0 Å². The highest BCUT2D eigenvalue weighted by molar-refractivity contribution is 7.71.